The summed E-state index contributed by atoms with van der Waals surface area (Å²) in [6.45, 7) is 4.63. The third-order valence-corrected chi connectivity index (χ3v) is 7.36. The summed E-state index contributed by atoms with van der Waals surface area (Å²) >= 11 is 1.66. The molecule has 4 rings (SSSR count). The van der Waals surface area contributed by atoms with E-state index in [9.17, 15) is 14.0 Å². The molecule has 1 aromatic heterocycles. The van der Waals surface area contributed by atoms with E-state index >= 15 is 0 Å². The molecule has 0 saturated heterocycles. The van der Waals surface area contributed by atoms with E-state index in [0.717, 1.165) is 18.4 Å². The highest BCUT2D eigenvalue weighted by atomic mass is 32.1. The predicted molar refractivity (Wildman–Crippen MR) is 132 cm³/mol. The monoisotopic (exact) mass is 480 g/mol. The van der Waals surface area contributed by atoms with Gasteiger partial charge >= 0.3 is 0 Å². The molecule has 0 bridgehead atoms. The Balaban J connectivity index is 1.55. The molecule has 3 aromatic rings. The second-order valence-electron chi connectivity index (χ2n) is 8.45. The first-order chi connectivity index (χ1) is 16.5. The molecule has 0 radical (unpaired) electrons. The largest absolute Gasteiger partial charge is 0.488 e. The molecule has 1 aliphatic heterocycles. The molecule has 178 valence electrons. The number of amides is 2. The Hall–Kier alpha value is -3.19. The number of ether oxygens (including phenoxy) is 1. The summed E-state index contributed by atoms with van der Waals surface area (Å²) in [7, 11) is 0. The van der Waals surface area contributed by atoms with Gasteiger partial charge in [0.2, 0.25) is 5.91 Å². The highest BCUT2D eigenvalue weighted by Crippen LogP contribution is 2.34. The van der Waals surface area contributed by atoms with Gasteiger partial charge < -0.3 is 14.5 Å². The van der Waals surface area contributed by atoms with Crippen molar-refractivity contribution in [2.75, 3.05) is 19.7 Å². The van der Waals surface area contributed by atoms with Gasteiger partial charge in [-0.15, -0.1) is 11.3 Å². The van der Waals surface area contributed by atoms with E-state index in [-0.39, 0.29) is 42.8 Å². The molecule has 2 amide bonds. The summed E-state index contributed by atoms with van der Waals surface area (Å²) < 4.78 is 20.0. The highest BCUT2D eigenvalue weighted by molar-refractivity contribution is 7.10. The van der Waals surface area contributed by atoms with Gasteiger partial charge in [-0.2, -0.15) is 0 Å². The number of carbonyl (C=O) groups is 2. The summed E-state index contributed by atoms with van der Waals surface area (Å²) in [5.74, 6) is -0.560. The minimum Gasteiger partial charge on any atom is -0.488 e. The Morgan fingerprint density at radius 3 is 2.62 bits per heavy atom. The quantitative estimate of drug-likeness (QED) is 0.438. The molecule has 0 fully saturated rings. The van der Waals surface area contributed by atoms with Crippen molar-refractivity contribution in [1.29, 1.82) is 0 Å². The second-order valence-corrected chi connectivity index (χ2v) is 9.45. The van der Waals surface area contributed by atoms with Gasteiger partial charge in [0.15, 0.2) is 11.6 Å². The predicted octanol–water partition coefficient (Wildman–Crippen LogP) is 5.33. The number of fused-ring (bicyclic) bond motifs is 1. The van der Waals surface area contributed by atoms with Crippen LogP contribution in [0.15, 0.2) is 66.0 Å². The van der Waals surface area contributed by atoms with Crippen molar-refractivity contribution >= 4 is 23.2 Å². The minimum atomic E-state index is -0.432. The molecule has 5 nitrogen and oxygen atoms in total. The van der Waals surface area contributed by atoms with Crippen molar-refractivity contribution in [2.45, 2.75) is 38.8 Å². The van der Waals surface area contributed by atoms with Gasteiger partial charge in [-0.05, 0) is 61.0 Å². The molecule has 2 aromatic carbocycles. The van der Waals surface area contributed by atoms with Crippen molar-refractivity contribution in [3.05, 3.63) is 87.9 Å². The molecule has 0 spiro atoms. The van der Waals surface area contributed by atoms with Gasteiger partial charge in [-0.1, -0.05) is 37.3 Å². The number of benzene rings is 2. The highest BCUT2D eigenvalue weighted by Gasteiger charge is 2.34. The van der Waals surface area contributed by atoms with Gasteiger partial charge in [-0.25, -0.2) is 4.39 Å². The Kier molecular flexibility index (Phi) is 7.63. The molecular formula is C27H29FN2O3S. The van der Waals surface area contributed by atoms with Crippen molar-refractivity contribution in [1.82, 2.24) is 9.80 Å². The van der Waals surface area contributed by atoms with Crippen molar-refractivity contribution in [3.8, 4) is 5.75 Å². The Bertz CT molecular complexity index is 1130. The van der Waals surface area contributed by atoms with E-state index in [4.69, 9.17) is 4.74 Å². The van der Waals surface area contributed by atoms with E-state index in [1.807, 2.05) is 43.5 Å². The number of para-hydroxylation sites is 1. The van der Waals surface area contributed by atoms with Crippen LogP contribution in [0.4, 0.5) is 4.39 Å². The molecule has 2 unspecified atom stereocenters. The SMILES string of the molecule is CCC(C)N(CC(=O)N1CCc2sccc2C1COc1ccccc1F)C(=O)c1ccccc1. The summed E-state index contributed by atoms with van der Waals surface area (Å²) in [4.78, 5) is 31.5. The van der Waals surface area contributed by atoms with Crippen LogP contribution >= 0.6 is 11.3 Å². The third kappa shape index (κ3) is 5.14. The van der Waals surface area contributed by atoms with Crippen LogP contribution in [0.2, 0.25) is 0 Å². The molecule has 0 aliphatic carbocycles. The number of rotatable bonds is 8. The van der Waals surface area contributed by atoms with Gasteiger partial charge in [0, 0.05) is 23.0 Å². The lowest BCUT2D eigenvalue weighted by atomic mass is 10.00. The van der Waals surface area contributed by atoms with Crippen LogP contribution < -0.4 is 4.74 Å². The van der Waals surface area contributed by atoms with E-state index in [1.165, 1.54) is 10.9 Å². The van der Waals surface area contributed by atoms with E-state index in [1.54, 1.807) is 51.5 Å². The van der Waals surface area contributed by atoms with E-state index in [0.29, 0.717) is 12.1 Å². The minimum absolute atomic E-state index is 0.0155. The van der Waals surface area contributed by atoms with Crippen LogP contribution in [-0.4, -0.2) is 47.4 Å². The zero-order chi connectivity index (χ0) is 24.1. The smallest absolute Gasteiger partial charge is 0.254 e. The van der Waals surface area contributed by atoms with Crippen LogP contribution in [0.1, 0.15) is 47.1 Å². The first-order valence-electron chi connectivity index (χ1n) is 11.6. The van der Waals surface area contributed by atoms with Gasteiger partial charge in [-0.3, -0.25) is 9.59 Å². The average Bonchev–Trinajstić information content (AvgIpc) is 3.35. The normalized spacial score (nSPS) is 16.0. The number of hydrogen-bond acceptors (Lipinski definition) is 4. The zero-order valence-electron chi connectivity index (χ0n) is 19.4. The number of nitrogens with zero attached hydrogens (tertiary/aromatic N) is 2. The van der Waals surface area contributed by atoms with Gasteiger partial charge in [0.1, 0.15) is 13.2 Å². The van der Waals surface area contributed by atoms with Crippen LogP contribution in [0.25, 0.3) is 0 Å². The Morgan fingerprint density at radius 2 is 1.88 bits per heavy atom. The summed E-state index contributed by atoms with van der Waals surface area (Å²) in [5.41, 5.74) is 1.60. The van der Waals surface area contributed by atoms with E-state index in [2.05, 4.69) is 0 Å². The molecule has 1 aliphatic rings. The molecular weight excluding hydrogens is 451 g/mol. The maximum atomic E-state index is 14.1. The number of carbonyl (C=O) groups excluding carboxylic acids is 2. The number of thiophene rings is 1. The fraction of sp³-hybridized carbons (Fsp3) is 0.333. The number of hydrogen-bond donors (Lipinski definition) is 0. The van der Waals surface area contributed by atoms with Crippen LogP contribution in [-0.2, 0) is 11.2 Å². The lowest BCUT2D eigenvalue weighted by molar-refractivity contribution is -0.136. The van der Waals surface area contributed by atoms with Gasteiger partial charge in [0.05, 0.1) is 6.04 Å². The Morgan fingerprint density at radius 1 is 1.15 bits per heavy atom. The second kappa shape index (κ2) is 10.8. The third-order valence-electron chi connectivity index (χ3n) is 6.36. The van der Waals surface area contributed by atoms with Crippen molar-refractivity contribution in [2.24, 2.45) is 0 Å². The molecule has 0 saturated carbocycles. The van der Waals surface area contributed by atoms with E-state index < -0.39 is 5.82 Å². The lowest BCUT2D eigenvalue weighted by Crippen LogP contribution is -2.49. The summed E-state index contributed by atoms with van der Waals surface area (Å²) in [5, 5.41) is 2.01. The maximum Gasteiger partial charge on any atom is 0.254 e. The molecule has 0 N–H and O–H groups in total. The fourth-order valence-electron chi connectivity index (χ4n) is 4.24. The van der Waals surface area contributed by atoms with Crippen LogP contribution in [0, 0.1) is 5.82 Å². The Labute approximate surface area is 203 Å². The molecule has 34 heavy (non-hydrogen) atoms. The molecule has 2 atom stereocenters. The first kappa shape index (κ1) is 24.0. The summed E-state index contributed by atoms with van der Waals surface area (Å²) in [6.07, 6.45) is 1.49. The maximum absolute atomic E-state index is 14.1. The topological polar surface area (TPSA) is 49.9 Å². The standard InChI is InChI=1S/C27H29FN2O3S/c1-3-19(2)30(27(32)20-9-5-4-6-10-20)17-26(31)29-15-13-25-21(14-16-34-25)23(29)18-33-24-12-8-7-11-22(24)28/h4-12,14,16,19,23H,3,13,15,17-18H2,1-2H3. The summed E-state index contributed by atoms with van der Waals surface area (Å²) in [6, 6.07) is 16.9. The first-order valence-corrected chi connectivity index (χ1v) is 12.5. The number of halogens is 1. The zero-order valence-corrected chi connectivity index (χ0v) is 20.3. The average molecular weight is 481 g/mol. The van der Waals surface area contributed by atoms with Gasteiger partial charge in [0.25, 0.3) is 5.91 Å². The van der Waals surface area contributed by atoms with Crippen LogP contribution in [0.5, 0.6) is 5.75 Å². The van der Waals surface area contributed by atoms with Crippen molar-refractivity contribution < 1.29 is 18.7 Å². The van der Waals surface area contributed by atoms with Crippen LogP contribution in [0.3, 0.4) is 0 Å². The molecule has 7 heteroatoms. The lowest BCUT2D eigenvalue weighted by Gasteiger charge is -2.38. The van der Waals surface area contributed by atoms with Crippen molar-refractivity contribution in [3.63, 3.8) is 0 Å². The molecule has 2 heterocycles. The fourth-order valence-corrected chi connectivity index (χ4v) is 5.16.